The molecule has 98 valence electrons. The van der Waals surface area contributed by atoms with Gasteiger partial charge in [-0.3, -0.25) is 9.59 Å². The molecule has 0 aliphatic carbocycles. The molecule has 1 aromatic rings. The highest BCUT2D eigenvalue weighted by Crippen LogP contribution is 2.10. The second-order valence-corrected chi connectivity index (χ2v) is 3.69. The van der Waals surface area contributed by atoms with Crippen LogP contribution in [0.25, 0.3) is 0 Å². The van der Waals surface area contributed by atoms with Crippen LogP contribution in [0.2, 0.25) is 0 Å². The SMILES string of the molecule is CCC(=O)NCCNC(=O)c1ccc(OC)cc1. The lowest BCUT2D eigenvalue weighted by Crippen LogP contribution is -2.34. The lowest BCUT2D eigenvalue weighted by atomic mass is 10.2. The van der Waals surface area contributed by atoms with Gasteiger partial charge in [0.2, 0.25) is 5.91 Å². The van der Waals surface area contributed by atoms with Gasteiger partial charge in [0, 0.05) is 25.1 Å². The van der Waals surface area contributed by atoms with E-state index >= 15 is 0 Å². The molecule has 0 saturated heterocycles. The summed E-state index contributed by atoms with van der Waals surface area (Å²) in [4.78, 5) is 22.7. The Hall–Kier alpha value is -2.04. The molecule has 0 aliphatic heterocycles. The van der Waals surface area contributed by atoms with Gasteiger partial charge >= 0.3 is 0 Å². The van der Waals surface area contributed by atoms with Gasteiger partial charge in [-0.25, -0.2) is 0 Å². The van der Waals surface area contributed by atoms with Gasteiger partial charge in [0.15, 0.2) is 0 Å². The summed E-state index contributed by atoms with van der Waals surface area (Å²) in [7, 11) is 1.57. The van der Waals surface area contributed by atoms with Crippen LogP contribution in [0.15, 0.2) is 24.3 Å². The maximum absolute atomic E-state index is 11.7. The number of methoxy groups -OCH3 is 1. The number of nitrogens with one attached hydrogen (secondary N) is 2. The van der Waals surface area contributed by atoms with Crippen LogP contribution >= 0.6 is 0 Å². The van der Waals surface area contributed by atoms with E-state index in [1.807, 2.05) is 0 Å². The average Bonchev–Trinajstić information content (AvgIpc) is 2.43. The van der Waals surface area contributed by atoms with E-state index in [0.29, 0.717) is 30.8 Å². The topological polar surface area (TPSA) is 67.4 Å². The smallest absolute Gasteiger partial charge is 0.251 e. The minimum Gasteiger partial charge on any atom is -0.497 e. The molecule has 0 heterocycles. The van der Waals surface area contributed by atoms with Gasteiger partial charge in [-0.05, 0) is 24.3 Å². The summed E-state index contributed by atoms with van der Waals surface area (Å²) in [6.07, 6.45) is 0.451. The molecule has 0 aliphatic rings. The predicted molar refractivity (Wildman–Crippen MR) is 68.6 cm³/mol. The Balaban J connectivity index is 2.33. The van der Waals surface area contributed by atoms with E-state index in [1.165, 1.54) is 0 Å². The lowest BCUT2D eigenvalue weighted by Gasteiger charge is -2.07. The zero-order chi connectivity index (χ0) is 13.4. The Kier molecular flexibility index (Phi) is 5.70. The van der Waals surface area contributed by atoms with Crippen molar-refractivity contribution in [2.24, 2.45) is 0 Å². The van der Waals surface area contributed by atoms with Crippen molar-refractivity contribution in [2.45, 2.75) is 13.3 Å². The first-order valence-electron chi connectivity index (χ1n) is 5.86. The number of carbonyl (C=O) groups excluding carboxylic acids is 2. The van der Waals surface area contributed by atoms with Crippen molar-refractivity contribution in [3.63, 3.8) is 0 Å². The summed E-state index contributed by atoms with van der Waals surface area (Å²) in [6, 6.07) is 6.85. The van der Waals surface area contributed by atoms with E-state index in [1.54, 1.807) is 38.3 Å². The van der Waals surface area contributed by atoms with Gasteiger partial charge in [-0.1, -0.05) is 6.92 Å². The molecule has 18 heavy (non-hydrogen) atoms. The van der Waals surface area contributed by atoms with Gasteiger partial charge in [-0.15, -0.1) is 0 Å². The van der Waals surface area contributed by atoms with Crippen molar-refractivity contribution >= 4 is 11.8 Å². The summed E-state index contributed by atoms with van der Waals surface area (Å²) < 4.78 is 5.01. The van der Waals surface area contributed by atoms with Crippen molar-refractivity contribution in [1.82, 2.24) is 10.6 Å². The highest BCUT2D eigenvalue weighted by atomic mass is 16.5. The highest BCUT2D eigenvalue weighted by Gasteiger charge is 2.04. The number of ether oxygens (including phenoxy) is 1. The highest BCUT2D eigenvalue weighted by molar-refractivity contribution is 5.94. The van der Waals surface area contributed by atoms with Gasteiger partial charge in [-0.2, -0.15) is 0 Å². The molecule has 0 fully saturated rings. The average molecular weight is 250 g/mol. The third-order valence-electron chi connectivity index (χ3n) is 2.41. The van der Waals surface area contributed by atoms with Crippen LogP contribution in [0.5, 0.6) is 5.75 Å². The number of amides is 2. The molecular formula is C13H18N2O3. The minimum absolute atomic E-state index is 0.0197. The van der Waals surface area contributed by atoms with Crippen molar-refractivity contribution < 1.29 is 14.3 Å². The van der Waals surface area contributed by atoms with E-state index in [4.69, 9.17) is 4.74 Å². The molecule has 5 heteroatoms. The van der Waals surface area contributed by atoms with E-state index < -0.39 is 0 Å². The monoisotopic (exact) mass is 250 g/mol. The summed E-state index contributed by atoms with van der Waals surface area (Å²) in [5.74, 6) is 0.527. The van der Waals surface area contributed by atoms with Crippen LogP contribution in [0.1, 0.15) is 23.7 Å². The summed E-state index contributed by atoms with van der Waals surface area (Å²) in [5, 5.41) is 5.41. The first-order chi connectivity index (χ1) is 8.67. The molecule has 1 aromatic carbocycles. The zero-order valence-electron chi connectivity index (χ0n) is 10.7. The van der Waals surface area contributed by atoms with Crippen molar-refractivity contribution in [3.8, 4) is 5.75 Å². The molecule has 0 atom stereocenters. The molecule has 0 aromatic heterocycles. The fourth-order valence-electron chi connectivity index (χ4n) is 1.35. The van der Waals surface area contributed by atoms with E-state index in [0.717, 1.165) is 0 Å². The minimum atomic E-state index is -0.164. The number of hydrogen-bond donors (Lipinski definition) is 2. The largest absolute Gasteiger partial charge is 0.497 e. The maximum atomic E-state index is 11.7. The maximum Gasteiger partial charge on any atom is 0.251 e. The van der Waals surface area contributed by atoms with Crippen LogP contribution < -0.4 is 15.4 Å². The van der Waals surface area contributed by atoms with Gasteiger partial charge < -0.3 is 15.4 Å². The van der Waals surface area contributed by atoms with Crippen LogP contribution in [0.3, 0.4) is 0 Å². The van der Waals surface area contributed by atoms with Crippen LogP contribution in [0, 0.1) is 0 Å². The number of benzene rings is 1. The van der Waals surface area contributed by atoms with E-state index in [2.05, 4.69) is 10.6 Å². The Bertz CT molecular complexity index is 401. The van der Waals surface area contributed by atoms with Crippen LogP contribution in [-0.4, -0.2) is 32.0 Å². The second-order valence-electron chi connectivity index (χ2n) is 3.69. The summed E-state index contributed by atoms with van der Waals surface area (Å²) in [5.41, 5.74) is 0.567. The Morgan fingerprint density at radius 2 is 1.72 bits per heavy atom. The first kappa shape index (κ1) is 14.0. The second kappa shape index (κ2) is 7.32. The molecule has 5 nitrogen and oxygen atoms in total. The number of hydrogen-bond acceptors (Lipinski definition) is 3. The molecule has 2 amide bonds. The van der Waals surface area contributed by atoms with Gasteiger partial charge in [0.1, 0.15) is 5.75 Å². The third-order valence-corrected chi connectivity index (χ3v) is 2.41. The first-order valence-corrected chi connectivity index (χ1v) is 5.86. The molecule has 0 radical (unpaired) electrons. The normalized spacial score (nSPS) is 9.67. The summed E-state index contributed by atoms with van der Waals surface area (Å²) in [6.45, 7) is 2.64. The van der Waals surface area contributed by atoms with Crippen molar-refractivity contribution in [1.29, 1.82) is 0 Å². The molecule has 1 rings (SSSR count). The third kappa shape index (κ3) is 4.45. The van der Waals surface area contributed by atoms with E-state index in [-0.39, 0.29) is 11.8 Å². The quantitative estimate of drug-likeness (QED) is 0.739. The predicted octanol–water partition coefficient (Wildman–Crippen LogP) is 0.951. The Labute approximate surface area is 107 Å². The molecule has 0 saturated carbocycles. The van der Waals surface area contributed by atoms with Crippen molar-refractivity contribution in [2.75, 3.05) is 20.2 Å². The standard InChI is InChI=1S/C13H18N2O3/c1-3-12(16)14-8-9-15-13(17)10-4-6-11(18-2)7-5-10/h4-7H,3,8-9H2,1-2H3,(H,14,16)(H,15,17). The lowest BCUT2D eigenvalue weighted by molar-refractivity contribution is -0.120. The van der Waals surface area contributed by atoms with Crippen LogP contribution in [0.4, 0.5) is 0 Å². The van der Waals surface area contributed by atoms with Crippen LogP contribution in [-0.2, 0) is 4.79 Å². The molecular weight excluding hydrogens is 232 g/mol. The molecule has 0 unspecified atom stereocenters. The number of carbonyl (C=O) groups is 2. The zero-order valence-corrected chi connectivity index (χ0v) is 10.7. The Morgan fingerprint density at radius 1 is 1.11 bits per heavy atom. The molecule has 0 spiro atoms. The molecule has 2 N–H and O–H groups in total. The van der Waals surface area contributed by atoms with Gasteiger partial charge in [0.05, 0.1) is 7.11 Å². The summed E-state index contributed by atoms with van der Waals surface area (Å²) >= 11 is 0. The van der Waals surface area contributed by atoms with Crippen molar-refractivity contribution in [3.05, 3.63) is 29.8 Å². The fourth-order valence-corrected chi connectivity index (χ4v) is 1.35. The Morgan fingerprint density at radius 3 is 2.28 bits per heavy atom. The number of rotatable bonds is 6. The fraction of sp³-hybridized carbons (Fsp3) is 0.385. The van der Waals surface area contributed by atoms with Gasteiger partial charge in [0.25, 0.3) is 5.91 Å². The molecule has 0 bridgehead atoms. The van der Waals surface area contributed by atoms with E-state index in [9.17, 15) is 9.59 Å².